The van der Waals surface area contributed by atoms with Crippen LogP contribution in [0.5, 0.6) is 0 Å². The Morgan fingerprint density at radius 3 is 2.52 bits per heavy atom. The molecule has 0 amide bonds. The van der Waals surface area contributed by atoms with Crippen LogP contribution in [-0.2, 0) is 6.54 Å². The Balaban J connectivity index is 2.23. The van der Waals surface area contributed by atoms with Crippen LogP contribution >= 0.6 is 0 Å². The summed E-state index contributed by atoms with van der Waals surface area (Å²) in [7, 11) is 0. The van der Waals surface area contributed by atoms with E-state index in [0.717, 1.165) is 0 Å². The maximum atomic E-state index is 13.2. The molecule has 23 heavy (non-hydrogen) atoms. The third kappa shape index (κ3) is 3.14. The first-order chi connectivity index (χ1) is 11.1. The van der Waals surface area contributed by atoms with Gasteiger partial charge in [0, 0.05) is 6.04 Å². The molecule has 1 aromatic heterocycles. The van der Waals surface area contributed by atoms with Gasteiger partial charge in [-0.1, -0.05) is 26.0 Å². The Morgan fingerprint density at radius 1 is 1.13 bits per heavy atom. The van der Waals surface area contributed by atoms with E-state index >= 15 is 0 Å². The normalized spacial score (nSPS) is 11.3. The minimum absolute atomic E-state index is 0.150. The van der Waals surface area contributed by atoms with E-state index in [-0.39, 0.29) is 17.4 Å². The molecule has 1 N–H and O–H groups in total. The summed E-state index contributed by atoms with van der Waals surface area (Å²) in [6.45, 7) is 4.51. The maximum Gasteiger partial charge on any atom is 0.266 e. The molecule has 0 unspecified atom stereocenters. The number of nitrogens with zero attached hydrogens (tertiary/aromatic N) is 2. The van der Waals surface area contributed by atoms with Gasteiger partial charge < -0.3 is 5.32 Å². The second kappa shape index (κ2) is 6.30. The molecule has 4 nitrogen and oxygen atoms in total. The minimum Gasteiger partial charge on any atom is -0.308 e. The largest absolute Gasteiger partial charge is 0.308 e. The molecular formula is C18H18FN3O. The Bertz CT molecular complexity index is 885. The van der Waals surface area contributed by atoms with Crippen LogP contribution in [0.25, 0.3) is 16.6 Å². The van der Waals surface area contributed by atoms with Crippen molar-refractivity contribution in [2.45, 2.75) is 26.4 Å². The third-order valence-electron chi connectivity index (χ3n) is 3.60. The molecule has 118 valence electrons. The summed E-state index contributed by atoms with van der Waals surface area (Å²) in [6.07, 6.45) is 0. The van der Waals surface area contributed by atoms with Crippen LogP contribution in [0.4, 0.5) is 4.39 Å². The fraction of sp³-hybridized carbons (Fsp3) is 0.222. The van der Waals surface area contributed by atoms with Crippen molar-refractivity contribution in [2.24, 2.45) is 0 Å². The number of para-hydroxylation sites is 1. The lowest BCUT2D eigenvalue weighted by Gasteiger charge is -2.15. The Morgan fingerprint density at radius 2 is 1.83 bits per heavy atom. The van der Waals surface area contributed by atoms with Gasteiger partial charge in [0.05, 0.1) is 23.1 Å². The van der Waals surface area contributed by atoms with E-state index in [1.165, 1.54) is 16.7 Å². The first kappa shape index (κ1) is 15.4. The van der Waals surface area contributed by atoms with Crippen LogP contribution in [0.15, 0.2) is 53.3 Å². The Hall–Kier alpha value is -2.53. The van der Waals surface area contributed by atoms with E-state index in [2.05, 4.69) is 10.3 Å². The lowest BCUT2D eigenvalue weighted by atomic mass is 10.2. The fourth-order valence-electron chi connectivity index (χ4n) is 2.45. The van der Waals surface area contributed by atoms with Gasteiger partial charge in [0.25, 0.3) is 5.56 Å². The van der Waals surface area contributed by atoms with E-state index in [0.29, 0.717) is 29.0 Å². The summed E-state index contributed by atoms with van der Waals surface area (Å²) in [5, 5.41) is 3.83. The number of rotatable bonds is 4. The SMILES string of the molecule is CC(C)NCc1nc2ccccc2c(=O)n1-c1ccc(F)cc1. The van der Waals surface area contributed by atoms with Gasteiger partial charge in [0.1, 0.15) is 11.6 Å². The van der Waals surface area contributed by atoms with Gasteiger partial charge in [-0.25, -0.2) is 9.37 Å². The monoisotopic (exact) mass is 311 g/mol. The summed E-state index contributed by atoms with van der Waals surface area (Å²) in [4.78, 5) is 17.5. The molecule has 3 aromatic rings. The average molecular weight is 311 g/mol. The molecule has 0 fully saturated rings. The number of benzene rings is 2. The zero-order valence-corrected chi connectivity index (χ0v) is 13.1. The summed E-state index contributed by atoms with van der Waals surface area (Å²) >= 11 is 0. The van der Waals surface area contributed by atoms with E-state index < -0.39 is 0 Å². The maximum absolute atomic E-state index is 13.2. The average Bonchev–Trinajstić information content (AvgIpc) is 2.54. The summed E-state index contributed by atoms with van der Waals surface area (Å²) in [5.41, 5.74) is 1.12. The van der Waals surface area contributed by atoms with Crippen molar-refractivity contribution < 1.29 is 4.39 Å². The molecule has 0 aliphatic heterocycles. The number of nitrogens with one attached hydrogen (secondary N) is 1. The van der Waals surface area contributed by atoms with E-state index in [9.17, 15) is 9.18 Å². The topological polar surface area (TPSA) is 46.9 Å². The van der Waals surface area contributed by atoms with Gasteiger partial charge >= 0.3 is 0 Å². The lowest BCUT2D eigenvalue weighted by molar-refractivity contribution is 0.563. The second-order valence-electron chi connectivity index (χ2n) is 5.70. The predicted octanol–water partition coefficient (Wildman–Crippen LogP) is 3.02. The van der Waals surface area contributed by atoms with Crippen molar-refractivity contribution in [3.8, 4) is 5.69 Å². The molecule has 5 heteroatoms. The predicted molar refractivity (Wildman–Crippen MR) is 89.3 cm³/mol. The number of hydrogen-bond donors (Lipinski definition) is 1. The highest BCUT2D eigenvalue weighted by molar-refractivity contribution is 5.77. The number of aromatic nitrogens is 2. The Kier molecular flexibility index (Phi) is 4.21. The van der Waals surface area contributed by atoms with Crippen molar-refractivity contribution in [1.29, 1.82) is 0 Å². The van der Waals surface area contributed by atoms with Gasteiger partial charge in [0.2, 0.25) is 0 Å². The van der Waals surface area contributed by atoms with Crippen LogP contribution in [-0.4, -0.2) is 15.6 Å². The molecular weight excluding hydrogens is 293 g/mol. The molecule has 0 aliphatic carbocycles. The summed E-state index contributed by atoms with van der Waals surface area (Å²) in [6, 6.07) is 13.4. The van der Waals surface area contributed by atoms with Crippen LogP contribution < -0.4 is 10.9 Å². The smallest absolute Gasteiger partial charge is 0.266 e. The zero-order valence-electron chi connectivity index (χ0n) is 13.1. The van der Waals surface area contributed by atoms with Crippen LogP contribution in [0.3, 0.4) is 0 Å². The van der Waals surface area contributed by atoms with Crippen molar-refractivity contribution in [3.05, 3.63) is 70.5 Å². The molecule has 0 atom stereocenters. The summed E-state index contributed by atoms with van der Waals surface area (Å²) < 4.78 is 14.7. The number of halogens is 1. The van der Waals surface area contributed by atoms with Crippen molar-refractivity contribution >= 4 is 10.9 Å². The fourth-order valence-corrected chi connectivity index (χ4v) is 2.45. The minimum atomic E-state index is -0.336. The second-order valence-corrected chi connectivity index (χ2v) is 5.70. The van der Waals surface area contributed by atoms with Crippen molar-refractivity contribution in [3.63, 3.8) is 0 Å². The Labute approximate surface area is 133 Å². The summed E-state index contributed by atoms with van der Waals surface area (Å²) in [5.74, 6) is 0.270. The highest BCUT2D eigenvalue weighted by Gasteiger charge is 2.12. The molecule has 0 saturated carbocycles. The van der Waals surface area contributed by atoms with Crippen LogP contribution in [0.2, 0.25) is 0 Å². The van der Waals surface area contributed by atoms with Crippen LogP contribution in [0, 0.1) is 5.82 Å². The highest BCUT2D eigenvalue weighted by Crippen LogP contribution is 2.13. The lowest BCUT2D eigenvalue weighted by Crippen LogP contribution is -2.30. The van der Waals surface area contributed by atoms with E-state index in [1.807, 2.05) is 32.0 Å². The first-order valence-electron chi connectivity index (χ1n) is 7.56. The van der Waals surface area contributed by atoms with Crippen molar-refractivity contribution in [2.75, 3.05) is 0 Å². The van der Waals surface area contributed by atoms with Gasteiger partial charge in [-0.05, 0) is 36.4 Å². The molecule has 2 aromatic carbocycles. The van der Waals surface area contributed by atoms with E-state index in [1.54, 1.807) is 18.2 Å². The molecule has 3 rings (SSSR count). The van der Waals surface area contributed by atoms with Gasteiger partial charge in [0.15, 0.2) is 0 Å². The third-order valence-corrected chi connectivity index (χ3v) is 3.60. The molecule has 0 aliphatic rings. The van der Waals surface area contributed by atoms with Crippen molar-refractivity contribution in [1.82, 2.24) is 14.9 Å². The molecule has 0 saturated heterocycles. The zero-order chi connectivity index (χ0) is 16.4. The first-order valence-corrected chi connectivity index (χ1v) is 7.56. The highest BCUT2D eigenvalue weighted by atomic mass is 19.1. The standard InChI is InChI=1S/C18H18FN3O/c1-12(2)20-11-17-21-16-6-4-3-5-15(16)18(23)22(17)14-9-7-13(19)8-10-14/h3-10,12,20H,11H2,1-2H3. The van der Waals surface area contributed by atoms with Gasteiger partial charge in [-0.3, -0.25) is 9.36 Å². The number of fused-ring (bicyclic) bond motifs is 1. The quantitative estimate of drug-likeness (QED) is 0.805. The van der Waals surface area contributed by atoms with Crippen LogP contribution in [0.1, 0.15) is 19.7 Å². The molecule has 1 heterocycles. The van der Waals surface area contributed by atoms with Gasteiger partial charge in [-0.2, -0.15) is 0 Å². The molecule has 0 radical (unpaired) electrons. The molecule has 0 bridgehead atoms. The molecule has 0 spiro atoms. The number of hydrogen-bond acceptors (Lipinski definition) is 3. The van der Waals surface area contributed by atoms with E-state index in [4.69, 9.17) is 0 Å². The van der Waals surface area contributed by atoms with Gasteiger partial charge in [-0.15, -0.1) is 0 Å².